The Morgan fingerprint density at radius 2 is 0.796 bits per heavy atom. The van der Waals surface area contributed by atoms with Gasteiger partial charge in [0.05, 0.1) is 13.2 Å². The van der Waals surface area contributed by atoms with Gasteiger partial charge in [-0.15, -0.1) is 0 Å². The van der Waals surface area contributed by atoms with Gasteiger partial charge < -0.3 is 14.6 Å². The molecule has 1 N–H and O–H groups in total. The summed E-state index contributed by atoms with van der Waals surface area (Å²) >= 11 is 0. The Labute approximate surface area is 307 Å². The fourth-order valence-electron chi connectivity index (χ4n) is 6.74. The lowest BCUT2D eigenvalue weighted by molar-refractivity contribution is -0.154. The van der Waals surface area contributed by atoms with Gasteiger partial charge in [-0.3, -0.25) is 4.79 Å². The molecule has 0 saturated carbocycles. The monoisotopic (exact) mass is 693 g/mol. The van der Waals surface area contributed by atoms with E-state index in [9.17, 15) is 9.90 Å². The van der Waals surface area contributed by atoms with Crippen LogP contribution in [0.2, 0.25) is 0 Å². The molecule has 0 aliphatic heterocycles. The fourth-order valence-corrected chi connectivity index (χ4v) is 6.74. The number of carbonyl (C=O) groups is 1. The Kier molecular flexibility index (Phi) is 42.5. The maximum absolute atomic E-state index is 12.2. The third kappa shape index (κ3) is 41.4. The molecule has 0 aromatic rings. The molecule has 4 heteroatoms. The van der Waals surface area contributed by atoms with E-state index in [1.165, 1.54) is 205 Å². The number of hydrogen-bond acceptors (Lipinski definition) is 4. The molecule has 0 aliphatic carbocycles. The van der Waals surface area contributed by atoms with E-state index in [1.54, 1.807) is 0 Å². The van der Waals surface area contributed by atoms with Crippen LogP contribution in [0, 0.1) is 0 Å². The molecule has 0 saturated heterocycles. The first kappa shape index (κ1) is 48.1. The number of carbonyl (C=O) groups excluding carboxylic acids is 1. The Morgan fingerprint density at radius 1 is 0.469 bits per heavy atom. The van der Waals surface area contributed by atoms with E-state index in [2.05, 4.69) is 26.0 Å². The van der Waals surface area contributed by atoms with Gasteiger partial charge in [0.25, 0.3) is 0 Å². The van der Waals surface area contributed by atoms with Gasteiger partial charge in [0.2, 0.25) is 0 Å². The summed E-state index contributed by atoms with van der Waals surface area (Å²) in [6, 6.07) is 0. The third-order valence-electron chi connectivity index (χ3n) is 10.1. The van der Waals surface area contributed by atoms with Crippen molar-refractivity contribution in [1.29, 1.82) is 0 Å². The molecule has 0 heterocycles. The molecular formula is C45H88O4. The Morgan fingerprint density at radius 3 is 1.20 bits per heavy atom. The van der Waals surface area contributed by atoms with Crippen molar-refractivity contribution < 1.29 is 19.4 Å². The van der Waals surface area contributed by atoms with Crippen LogP contribution < -0.4 is 0 Å². The van der Waals surface area contributed by atoms with Crippen LogP contribution in [-0.2, 0) is 14.3 Å². The van der Waals surface area contributed by atoms with Crippen LogP contribution in [0.15, 0.2) is 12.2 Å². The minimum atomic E-state index is -0.531. The first-order valence-electron chi connectivity index (χ1n) is 22.3. The number of esters is 1. The largest absolute Gasteiger partial charge is 0.457 e. The highest BCUT2D eigenvalue weighted by atomic mass is 16.6. The van der Waals surface area contributed by atoms with Gasteiger partial charge in [-0.05, 0) is 38.5 Å². The summed E-state index contributed by atoms with van der Waals surface area (Å²) in [6.45, 7) is 5.35. The summed E-state index contributed by atoms with van der Waals surface area (Å²) < 4.78 is 11.1. The number of hydrogen-bond donors (Lipinski definition) is 1. The van der Waals surface area contributed by atoms with E-state index < -0.39 is 6.10 Å². The van der Waals surface area contributed by atoms with Crippen LogP contribution in [0.3, 0.4) is 0 Å². The Bertz CT molecular complexity index is 648. The standard InChI is InChI=1S/C45H88O4/c1-3-5-7-9-11-13-15-17-18-19-20-21-22-23-24-25-26-27-28-30-32-34-36-38-40-45(47)49-44(42-46)43-48-41-39-37-35-33-31-29-16-14-12-10-8-6-4-2/h12,14,44,46H,3-11,13,15-43H2,1-2H3/b14-12-. The maximum atomic E-state index is 12.2. The molecule has 4 nitrogen and oxygen atoms in total. The van der Waals surface area contributed by atoms with Gasteiger partial charge >= 0.3 is 5.97 Å². The Hall–Kier alpha value is -0.870. The predicted octanol–water partition coefficient (Wildman–Crippen LogP) is 14.5. The lowest BCUT2D eigenvalue weighted by Crippen LogP contribution is -2.27. The molecule has 1 atom stereocenters. The van der Waals surface area contributed by atoms with Gasteiger partial charge in [-0.2, -0.15) is 0 Å². The summed E-state index contributed by atoms with van der Waals surface area (Å²) in [4.78, 5) is 12.2. The number of unbranched alkanes of at least 4 members (excludes halogenated alkanes) is 32. The average molecular weight is 693 g/mol. The summed E-state index contributed by atoms with van der Waals surface area (Å²) in [5.74, 6) is -0.197. The lowest BCUT2D eigenvalue weighted by atomic mass is 10.0. The van der Waals surface area contributed by atoms with E-state index in [0.29, 0.717) is 19.6 Å². The van der Waals surface area contributed by atoms with Crippen molar-refractivity contribution in [2.75, 3.05) is 19.8 Å². The highest BCUT2D eigenvalue weighted by Gasteiger charge is 2.13. The second kappa shape index (κ2) is 43.3. The normalized spacial score (nSPS) is 12.3. The van der Waals surface area contributed by atoms with Crippen LogP contribution >= 0.6 is 0 Å². The van der Waals surface area contributed by atoms with Crippen LogP contribution in [0.1, 0.15) is 245 Å². The van der Waals surface area contributed by atoms with Crippen molar-refractivity contribution in [1.82, 2.24) is 0 Å². The molecule has 0 radical (unpaired) electrons. The number of aliphatic hydroxyl groups is 1. The summed E-state index contributed by atoms with van der Waals surface area (Å²) in [6.07, 6.45) is 51.4. The van der Waals surface area contributed by atoms with Crippen molar-refractivity contribution in [3.05, 3.63) is 12.2 Å². The van der Waals surface area contributed by atoms with E-state index in [0.717, 1.165) is 19.3 Å². The van der Waals surface area contributed by atoms with Crippen LogP contribution in [0.25, 0.3) is 0 Å². The zero-order chi connectivity index (χ0) is 35.6. The molecule has 0 rings (SSSR count). The fraction of sp³-hybridized carbons (Fsp3) is 0.933. The highest BCUT2D eigenvalue weighted by molar-refractivity contribution is 5.69. The van der Waals surface area contributed by atoms with Crippen molar-refractivity contribution in [2.24, 2.45) is 0 Å². The highest BCUT2D eigenvalue weighted by Crippen LogP contribution is 2.16. The van der Waals surface area contributed by atoms with Crippen LogP contribution in [0.5, 0.6) is 0 Å². The van der Waals surface area contributed by atoms with E-state index in [4.69, 9.17) is 9.47 Å². The second-order valence-electron chi connectivity index (χ2n) is 15.1. The lowest BCUT2D eigenvalue weighted by Gasteiger charge is -2.15. The molecule has 0 aromatic heterocycles. The topological polar surface area (TPSA) is 55.8 Å². The zero-order valence-electron chi connectivity index (χ0n) is 33.5. The van der Waals surface area contributed by atoms with Crippen molar-refractivity contribution in [3.8, 4) is 0 Å². The Balaban J connectivity index is 3.34. The minimum Gasteiger partial charge on any atom is -0.457 e. The molecule has 0 aromatic carbocycles. The zero-order valence-corrected chi connectivity index (χ0v) is 33.5. The van der Waals surface area contributed by atoms with Gasteiger partial charge in [-0.25, -0.2) is 0 Å². The maximum Gasteiger partial charge on any atom is 0.306 e. The first-order valence-corrected chi connectivity index (χ1v) is 22.3. The number of ether oxygens (including phenoxy) is 2. The smallest absolute Gasteiger partial charge is 0.306 e. The quantitative estimate of drug-likeness (QED) is 0.0393. The van der Waals surface area contributed by atoms with E-state index >= 15 is 0 Å². The van der Waals surface area contributed by atoms with Gasteiger partial charge in [0, 0.05) is 13.0 Å². The van der Waals surface area contributed by atoms with Crippen molar-refractivity contribution in [3.63, 3.8) is 0 Å². The van der Waals surface area contributed by atoms with Crippen molar-refractivity contribution in [2.45, 2.75) is 251 Å². The SMILES string of the molecule is CCCCC/C=C\CCCCCCCCOCC(CO)OC(=O)CCCCCCCCCCCCCCCCCCCCCCCCCC. The third-order valence-corrected chi connectivity index (χ3v) is 10.1. The minimum absolute atomic E-state index is 0.168. The summed E-state index contributed by atoms with van der Waals surface area (Å²) in [5, 5.41) is 9.59. The average Bonchev–Trinajstić information content (AvgIpc) is 3.11. The molecule has 0 spiro atoms. The number of aliphatic hydroxyl groups excluding tert-OH is 1. The number of allylic oxidation sites excluding steroid dienone is 2. The molecule has 0 bridgehead atoms. The number of rotatable bonds is 42. The van der Waals surface area contributed by atoms with Crippen molar-refractivity contribution >= 4 is 5.97 Å². The van der Waals surface area contributed by atoms with Gasteiger partial charge in [-0.1, -0.05) is 212 Å². The molecule has 49 heavy (non-hydrogen) atoms. The molecule has 0 fully saturated rings. The van der Waals surface area contributed by atoms with Crippen LogP contribution in [0.4, 0.5) is 0 Å². The summed E-state index contributed by atoms with van der Waals surface area (Å²) in [7, 11) is 0. The first-order chi connectivity index (χ1) is 24.2. The van der Waals surface area contributed by atoms with E-state index in [1.807, 2.05) is 0 Å². The summed E-state index contributed by atoms with van der Waals surface area (Å²) in [5.41, 5.74) is 0. The van der Waals surface area contributed by atoms with Crippen LogP contribution in [-0.4, -0.2) is 37.0 Å². The molecule has 0 aliphatic rings. The molecule has 1 unspecified atom stereocenters. The molecule has 0 amide bonds. The second-order valence-corrected chi connectivity index (χ2v) is 15.1. The van der Waals surface area contributed by atoms with Gasteiger partial charge in [0.1, 0.15) is 6.10 Å². The van der Waals surface area contributed by atoms with Gasteiger partial charge in [0.15, 0.2) is 0 Å². The molecular weight excluding hydrogens is 604 g/mol. The molecule has 292 valence electrons. The van der Waals surface area contributed by atoms with E-state index in [-0.39, 0.29) is 12.6 Å². The predicted molar refractivity (Wildman–Crippen MR) is 214 cm³/mol.